The summed E-state index contributed by atoms with van der Waals surface area (Å²) in [5.41, 5.74) is 1.00. The van der Waals surface area contributed by atoms with Gasteiger partial charge in [-0.3, -0.25) is 14.5 Å². The molecule has 0 spiro atoms. The molecule has 2 aromatic rings. The van der Waals surface area contributed by atoms with Crippen molar-refractivity contribution in [2.45, 2.75) is 78.3 Å². The first-order valence-corrected chi connectivity index (χ1v) is 12.5. The standard InChI is InChI=1S/C27H34ClN3O5/c1-6-7-8-23(30-25(33)19-10-12-20(28)13-11-19)31(26(34)36-27(3,4)5)16-18-9-14-22-21(15-18)29-24(32)17(2)35-22/h9-15,17,23H,6-8,16H2,1-5H3,(H,29,32)(H,30,33). The molecule has 0 radical (unpaired) electrons. The third-order valence-electron chi connectivity index (χ3n) is 5.57. The summed E-state index contributed by atoms with van der Waals surface area (Å²) < 4.78 is 11.3. The number of rotatable bonds is 8. The molecule has 9 heteroatoms. The van der Waals surface area contributed by atoms with E-state index in [9.17, 15) is 14.4 Å². The lowest BCUT2D eigenvalue weighted by molar-refractivity contribution is -0.122. The number of nitrogens with one attached hydrogen (secondary N) is 2. The number of hydrogen-bond donors (Lipinski definition) is 2. The van der Waals surface area contributed by atoms with Gasteiger partial charge in [0.15, 0.2) is 6.10 Å². The van der Waals surface area contributed by atoms with E-state index in [2.05, 4.69) is 10.6 Å². The molecule has 1 aliphatic heterocycles. The zero-order chi connectivity index (χ0) is 26.5. The highest BCUT2D eigenvalue weighted by Crippen LogP contribution is 2.31. The van der Waals surface area contributed by atoms with Crippen LogP contribution in [0.15, 0.2) is 42.5 Å². The Labute approximate surface area is 217 Å². The average Bonchev–Trinajstić information content (AvgIpc) is 2.80. The Morgan fingerprint density at radius 1 is 1.19 bits per heavy atom. The van der Waals surface area contributed by atoms with E-state index in [0.717, 1.165) is 18.4 Å². The third kappa shape index (κ3) is 7.37. The van der Waals surface area contributed by atoms with Gasteiger partial charge in [-0.2, -0.15) is 0 Å². The highest BCUT2D eigenvalue weighted by atomic mass is 35.5. The maximum Gasteiger partial charge on any atom is 0.412 e. The molecule has 2 aromatic carbocycles. The first kappa shape index (κ1) is 27.3. The van der Waals surface area contributed by atoms with Crippen LogP contribution in [-0.4, -0.2) is 40.7 Å². The SMILES string of the molecule is CCCCC(NC(=O)c1ccc(Cl)cc1)N(Cc1ccc2c(c1)NC(=O)C(C)O2)C(=O)OC(C)(C)C. The van der Waals surface area contributed by atoms with Gasteiger partial charge in [0.05, 0.1) is 12.2 Å². The number of carbonyl (C=O) groups excluding carboxylic acids is 3. The highest BCUT2D eigenvalue weighted by molar-refractivity contribution is 6.30. The Kier molecular flexibility index (Phi) is 8.84. The Hall–Kier alpha value is -3.26. The van der Waals surface area contributed by atoms with Crippen LogP contribution >= 0.6 is 11.6 Å². The van der Waals surface area contributed by atoms with Crippen molar-refractivity contribution in [3.63, 3.8) is 0 Å². The predicted molar refractivity (Wildman–Crippen MR) is 139 cm³/mol. The van der Waals surface area contributed by atoms with Crippen molar-refractivity contribution in [3.05, 3.63) is 58.6 Å². The molecule has 2 N–H and O–H groups in total. The molecule has 36 heavy (non-hydrogen) atoms. The van der Waals surface area contributed by atoms with E-state index < -0.39 is 24.0 Å². The number of nitrogens with zero attached hydrogens (tertiary/aromatic N) is 1. The zero-order valence-corrected chi connectivity index (χ0v) is 22.1. The summed E-state index contributed by atoms with van der Waals surface area (Å²) >= 11 is 5.97. The molecule has 8 nitrogen and oxygen atoms in total. The first-order valence-electron chi connectivity index (χ1n) is 12.1. The lowest BCUT2D eigenvalue weighted by Crippen LogP contribution is -2.51. The van der Waals surface area contributed by atoms with Gasteiger partial charge < -0.3 is 20.1 Å². The van der Waals surface area contributed by atoms with Crippen LogP contribution in [-0.2, 0) is 16.1 Å². The van der Waals surface area contributed by atoms with E-state index in [4.69, 9.17) is 21.1 Å². The maximum atomic E-state index is 13.4. The molecule has 1 heterocycles. The first-order chi connectivity index (χ1) is 17.0. The molecule has 0 saturated heterocycles. The normalized spacial score (nSPS) is 15.7. The van der Waals surface area contributed by atoms with Crippen molar-refractivity contribution in [2.24, 2.45) is 0 Å². The number of benzene rings is 2. The maximum absolute atomic E-state index is 13.4. The summed E-state index contributed by atoms with van der Waals surface area (Å²) in [7, 11) is 0. The van der Waals surface area contributed by atoms with Crippen LogP contribution in [0.5, 0.6) is 5.75 Å². The van der Waals surface area contributed by atoms with E-state index in [-0.39, 0.29) is 18.4 Å². The second-order valence-electron chi connectivity index (χ2n) is 9.83. The molecular formula is C27H34ClN3O5. The summed E-state index contributed by atoms with van der Waals surface area (Å²) in [6.07, 6.45) is 0.462. The number of hydrogen-bond acceptors (Lipinski definition) is 5. The minimum atomic E-state index is -0.724. The molecule has 1 aliphatic rings. The second kappa shape index (κ2) is 11.6. The van der Waals surface area contributed by atoms with Gasteiger partial charge in [-0.25, -0.2) is 4.79 Å². The summed E-state index contributed by atoms with van der Waals surface area (Å²) in [6, 6.07) is 11.9. The summed E-state index contributed by atoms with van der Waals surface area (Å²) in [5, 5.41) is 6.36. The van der Waals surface area contributed by atoms with Crippen molar-refractivity contribution in [2.75, 3.05) is 5.32 Å². The fourth-order valence-corrected chi connectivity index (χ4v) is 3.84. The van der Waals surface area contributed by atoms with Gasteiger partial charge in [0.25, 0.3) is 11.8 Å². The molecule has 0 fully saturated rings. The lowest BCUT2D eigenvalue weighted by Gasteiger charge is -2.34. The van der Waals surface area contributed by atoms with Crippen molar-refractivity contribution in [1.82, 2.24) is 10.2 Å². The smallest absolute Gasteiger partial charge is 0.412 e. The summed E-state index contributed by atoms with van der Waals surface area (Å²) in [5.74, 6) is 0.00867. The Morgan fingerprint density at radius 3 is 2.53 bits per heavy atom. The minimum absolute atomic E-state index is 0.156. The van der Waals surface area contributed by atoms with Crippen molar-refractivity contribution < 1.29 is 23.9 Å². The number of amides is 3. The zero-order valence-electron chi connectivity index (χ0n) is 21.4. The van der Waals surface area contributed by atoms with Gasteiger partial charge >= 0.3 is 6.09 Å². The van der Waals surface area contributed by atoms with Crippen LogP contribution in [0, 0.1) is 0 Å². The van der Waals surface area contributed by atoms with Crippen LogP contribution in [0.25, 0.3) is 0 Å². The minimum Gasteiger partial charge on any atom is -0.479 e. The Bertz CT molecular complexity index is 1100. The van der Waals surface area contributed by atoms with E-state index in [0.29, 0.717) is 28.4 Å². The van der Waals surface area contributed by atoms with Gasteiger partial charge in [-0.15, -0.1) is 0 Å². The number of unbranched alkanes of at least 4 members (excludes halogenated alkanes) is 1. The molecule has 3 rings (SSSR count). The van der Waals surface area contributed by atoms with Crippen LogP contribution in [0.3, 0.4) is 0 Å². The van der Waals surface area contributed by atoms with E-state index >= 15 is 0 Å². The van der Waals surface area contributed by atoms with Gasteiger partial charge in [-0.05, 0) is 82.5 Å². The van der Waals surface area contributed by atoms with Crippen molar-refractivity contribution in [1.29, 1.82) is 0 Å². The number of ether oxygens (including phenoxy) is 2. The van der Waals surface area contributed by atoms with Crippen molar-refractivity contribution >= 4 is 35.2 Å². The van der Waals surface area contributed by atoms with Gasteiger partial charge in [0.1, 0.15) is 17.5 Å². The van der Waals surface area contributed by atoms with Gasteiger partial charge in [0.2, 0.25) is 0 Å². The Balaban J connectivity index is 1.90. The molecule has 194 valence electrons. The molecule has 3 amide bonds. The molecule has 0 bridgehead atoms. The fourth-order valence-electron chi connectivity index (χ4n) is 3.71. The van der Waals surface area contributed by atoms with Crippen LogP contribution < -0.4 is 15.4 Å². The number of fused-ring (bicyclic) bond motifs is 1. The quantitative estimate of drug-likeness (QED) is 0.437. The van der Waals surface area contributed by atoms with E-state index in [1.807, 2.05) is 13.0 Å². The Morgan fingerprint density at radius 2 is 1.89 bits per heavy atom. The van der Waals surface area contributed by atoms with Crippen LogP contribution in [0.4, 0.5) is 10.5 Å². The predicted octanol–water partition coefficient (Wildman–Crippen LogP) is 5.74. The second-order valence-corrected chi connectivity index (χ2v) is 10.3. The van der Waals surface area contributed by atoms with Crippen LogP contribution in [0.2, 0.25) is 5.02 Å². The largest absolute Gasteiger partial charge is 0.479 e. The fraction of sp³-hybridized carbons (Fsp3) is 0.444. The monoisotopic (exact) mass is 515 g/mol. The molecule has 2 unspecified atom stereocenters. The molecule has 2 atom stereocenters. The number of anilines is 1. The molecule has 0 aliphatic carbocycles. The van der Waals surface area contributed by atoms with Gasteiger partial charge in [-0.1, -0.05) is 31.0 Å². The lowest BCUT2D eigenvalue weighted by atomic mass is 10.1. The number of carbonyl (C=O) groups is 3. The van der Waals surface area contributed by atoms with E-state index in [1.165, 1.54) is 4.90 Å². The molecule has 0 aromatic heterocycles. The topological polar surface area (TPSA) is 97.0 Å². The van der Waals surface area contributed by atoms with Gasteiger partial charge in [0, 0.05) is 10.6 Å². The third-order valence-corrected chi connectivity index (χ3v) is 5.82. The summed E-state index contributed by atoms with van der Waals surface area (Å²) in [6.45, 7) is 9.26. The highest BCUT2D eigenvalue weighted by Gasteiger charge is 2.31. The average molecular weight is 516 g/mol. The van der Waals surface area contributed by atoms with Crippen molar-refractivity contribution in [3.8, 4) is 5.75 Å². The molecular weight excluding hydrogens is 482 g/mol. The van der Waals surface area contributed by atoms with E-state index in [1.54, 1.807) is 64.1 Å². The molecule has 0 saturated carbocycles. The number of halogens is 1. The van der Waals surface area contributed by atoms with Crippen LogP contribution in [0.1, 0.15) is 69.8 Å². The summed E-state index contributed by atoms with van der Waals surface area (Å²) in [4.78, 5) is 40.0.